The summed E-state index contributed by atoms with van der Waals surface area (Å²) in [6, 6.07) is 5.06. The fourth-order valence-electron chi connectivity index (χ4n) is 1.82. The van der Waals surface area contributed by atoms with Crippen LogP contribution in [0.1, 0.15) is 5.69 Å². The molecular formula is C15H13Cl2N3O4S. The van der Waals surface area contributed by atoms with Gasteiger partial charge < -0.3 is 15.7 Å². The molecule has 0 aliphatic heterocycles. The summed E-state index contributed by atoms with van der Waals surface area (Å²) < 4.78 is 0. The van der Waals surface area contributed by atoms with Gasteiger partial charge in [-0.3, -0.25) is 14.4 Å². The first-order valence-electron chi connectivity index (χ1n) is 7.00. The first-order chi connectivity index (χ1) is 11.8. The van der Waals surface area contributed by atoms with Crippen LogP contribution in [-0.4, -0.2) is 41.0 Å². The molecule has 7 nitrogen and oxygen atoms in total. The molecule has 0 fully saturated rings. The number of hydrogen-bond acceptors (Lipinski definition) is 5. The zero-order valence-corrected chi connectivity index (χ0v) is 15.0. The number of aliphatic carboxylic acids is 1. The molecule has 0 saturated carbocycles. The smallest absolute Gasteiger partial charge is 0.322 e. The largest absolute Gasteiger partial charge is 0.480 e. The van der Waals surface area contributed by atoms with E-state index in [9.17, 15) is 14.4 Å². The summed E-state index contributed by atoms with van der Waals surface area (Å²) in [4.78, 5) is 37.8. The van der Waals surface area contributed by atoms with Gasteiger partial charge in [0.15, 0.2) is 0 Å². The number of carbonyl (C=O) groups is 3. The number of halogens is 2. The summed E-state index contributed by atoms with van der Waals surface area (Å²) in [6.07, 6.45) is -0.00603. The molecule has 0 unspecified atom stereocenters. The Morgan fingerprint density at radius 2 is 1.84 bits per heavy atom. The maximum absolute atomic E-state index is 11.8. The number of carboxylic acids is 1. The van der Waals surface area contributed by atoms with E-state index in [0.29, 0.717) is 20.7 Å². The molecule has 0 bridgehead atoms. The highest BCUT2D eigenvalue weighted by Crippen LogP contribution is 2.32. The maximum atomic E-state index is 11.8. The number of carboxylic acid groups (broad SMARTS) is 1. The first-order valence-corrected chi connectivity index (χ1v) is 8.63. The fourth-order valence-corrected chi connectivity index (χ4v) is 3.23. The Morgan fingerprint density at radius 3 is 2.52 bits per heavy atom. The number of amides is 2. The molecular weight excluding hydrogens is 389 g/mol. The first kappa shape index (κ1) is 19.2. The molecule has 132 valence electrons. The maximum Gasteiger partial charge on any atom is 0.322 e. The minimum atomic E-state index is -1.16. The SMILES string of the molecule is O=C(O)CNC(=O)CNC(=O)Cc1csc(-c2ccc(Cl)cc2Cl)n1. The van der Waals surface area contributed by atoms with Crippen molar-refractivity contribution in [1.82, 2.24) is 15.6 Å². The predicted octanol–water partition coefficient (Wildman–Crippen LogP) is 1.98. The zero-order valence-electron chi connectivity index (χ0n) is 12.7. The molecule has 1 aromatic carbocycles. The van der Waals surface area contributed by atoms with Gasteiger partial charge in [-0.2, -0.15) is 0 Å². The molecule has 0 aliphatic rings. The van der Waals surface area contributed by atoms with Crippen LogP contribution in [-0.2, 0) is 20.8 Å². The topological polar surface area (TPSA) is 108 Å². The highest BCUT2D eigenvalue weighted by atomic mass is 35.5. The van der Waals surface area contributed by atoms with Crippen LogP contribution in [0.5, 0.6) is 0 Å². The summed E-state index contributed by atoms with van der Waals surface area (Å²) in [5.74, 6) is -2.14. The van der Waals surface area contributed by atoms with E-state index in [0.717, 1.165) is 5.56 Å². The molecule has 0 radical (unpaired) electrons. The summed E-state index contributed by atoms with van der Waals surface area (Å²) >= 11 is 13.3. The Hall–Kier alpha value is -2.16. The Morgan fingerprint density at radius 1 is 1.12 bits per heavy atom. The van der Waals surface area contributed by atoms with E-state index in [1.807, 2.05) is 0 Å². The van der Waals surface area contributed by atoms with Gasteiger partial charge >= 0.3 is 5.97 Å². The van der Waals surface area contributed by atoms with Crippen LogP contribution >= 0.6 is 34.5 Å². The van der Waals surface area contributed by atoms with Gasteiger partial charge in [-0.05, 0) is 18.2 Å². The van der Waals surface area contributed by atoms with Crippen LogP contribution in [0.15, 0.2) is 23.6 Å². The lowest BCUT2D eigenvalue weighted by Crippen LogP contribution is -2.39. The van der Waals surface area contributed by atoms with Crippen molar-refractivity contribution in [1.29, 1.82) is 0 Å². The van der Waals surface area contributed by atoms with E-state index in [1.54, 1.807) is 23.6 Å². The van der Waals surface area contributed by atoms with Gasteiger partial charge in [-0.25, -0.2) is 4.98 Å². The molecule has 1 aromatic heterocycles. The zero-order chi connectivity index (χ0) is 18.4. The van der Waals surface area contributed by atoms with E-state index in [4.69, 9.17) is 28.3 Å². The molecule has 2 amide bonds. The monoisotopic (exact) mass is 401 g/mol. The number of nitrogens with one attached hydrogen (secondary N) is 2. The van der Waals surface area contributed by atoms with Crippen LogP contribution in [0, 0.1) is 0 Å². The third-order valence-corrected chi connectivity index (χ3v) is 4.41. The Balaban J connectivity index is 1.89. The summed E-state index contributed by atoms with van der Waals surface area (Å²) in [7, 11) is 0. The standard InChI is InChI=1S/C15H13Cl2N3O4S/c16-8-1-2-10(11(17)3-8)15-20-9(7-25-15)4-12(21)18-5-13(22)19-6-14(23)24/h1-3,7H,4-6H2,(H,18,21)(H,19,22)(H,23,24). The normalized spacial score (nSPS) is 10.3. The van der Waals surface area contributed by atoms with E-state index in [1.165, 1.54) is 11.3 Å². The second kappa shape index (κ2) is 8.80. The Bertz CT molecular complexity index is 810. The van der Waals surface area contributed by atoms with Crippen LogP contribution in [0.25, 0.3) is 10.6 Å². The number of aromatic nitrogens is 1. The van der Waals surface area contributed by atoms with Crippen molar-refractivity contribution in [3.63, 3.8) is 0 Å². The summed E-state index contributed by atoms with van der Waals surface area (Å²) in [5, 5.41) is 16.4. The van der Waals surface area contributed by atoms with Gasteiger partial charge in [0, 0.05) is 16.0 Å². The number of rotatable bonds is 7. The second-order valence-electron chi connectivity index (χ2n) is 4.89. The number of carbonyl (C=O) groups excluding carboxylic acids is 2. The number of thiazole rings is 1. The van der Waals surface area contributed by atoms with Gasteiger partial charge in [0.05, 0.1) is 23.7 Å². The summed E-state index contributed by atoms with van der Waals surface area (Å²) in [6.45, 7) is -0.794. The lowest BCUT2D eigenvalue weighted by molar-refractivity contribution is -0.137. The molecule has 0 atom stereocenters. The van der Waals surface area contributed by atoms with Crippen molar-refractivity contribution >= 4 is 52.3 Å². The van der Waals surface area contributed by atoms with E-state index >= 15 is 0 Å². The van der Waals surface area contributed by atoms with Crippen molar-refractivity contribution in [3.05, 3.63) is 39.3 Å². The third-order valence-electron chi connectivity index (χ3n) is 2.94. The molecule has 0 spiro atoms. The highest BCUT2D eigenvalue weighted by molar-refractivity contribution is 7.13. The van der Waals surface area contributed by atoms with Crippen molar-refractivity contribution < 1.29 is 19.5 Å². The van der Waals surface area contributed by atoms with Gasteiger partial charge in [0.2, 0.25) is 11.8 Å². The van der Waals surface area contributed by atoms with Crippen LogP contribution in [0.4, 0.5) is 0 Å². The highest BCUT2D eigenvalue weighted by Gasteiger charge is 2.12. The lowest BCUT2D eigenvalue weighted by atomic mass is 10.2. The third kappa shape index (κ3) is 6.00. The van der Waals surface area contributed by atoms with Crippen molar-refractivity contribution in [2.45, 2.75) is 6.42 Å². The Kier molecular flexibility index (Phi) is 6.74. The number of benzene rings is 1. The van der Waals surface area contributed by atoms with Gasteiger partial charge in [-0.15, -0.1) is 11.3 Å². The minimum absolute atomic E-state index is 0.00603. The molecule has 0 aliphatic carbocycles. The fraction of sp³-hybridized carbons (Fsp3) is 0.200. The average Bonchev–Trinajstić information content (AvgIpc) is 2.99. The number of nitrogens with zero attached hydrogens (tertiary/aromatic N) is 1. The van der Waals surface area contributed by atoms with E-state index in [2.05, 4.69) is 15.6 Å². The van der Waals surface area contributed by atoms with Gasteiger partial charge in [0.25, 0.3) is 0 Å². The van der Waals surface area contributed by atoms with Crippen molar-refractivity contribution in [2.75, 3.05) is 13.1 Å². The molecule has 1 heterocycles. The Labute approximate surface area is 157 Å². The van der Waals surface area contributed by atoms with E-state index < -0.39 is 24.3 Å². The second-order valence-corrected chi connectivity index (χ2v) is 6.59. The summed E-state index contributed by atoms with van der Waals surface area (Å²) in [5.41, 5.74) is 1.25. The molecule has 0 saturated heterocycles. The molecule has 2 aromatic rings. The minimum Gasteiger partial charge on any atom is -0.480 e. The van der Waals surface area contributed by atoms with Crippen LogP contribution in [0.3, 0.4) is 0 Å². The van der Waals surface area contributed by atoms with E-state index in [-0.39, 0.29) is 13.0 Å². The average molecular weight is 402 g/mol. The molecule has 10 heteroatoms. The van der Waals surface area contributed by atoms with Crippen LogP contribution < -0.4 is 10.6 Å². The quantitative estimate of drug-likeness (QED) is 0.656. The predicted molar refractivity (Wildman–Crippen MR) is 94.9 cm³/mol. The lowest BCUT2D eigenvalue weighted by Gasteiger charge is -2.04. The van der Waals surface area contributed by atoms with Crippen LogP contribution in [0.2, 0.25) is 10.0 Å². The van der Waals surface area contributed by atoms with Crippen molar-refractivity contribution in [3.8, 4) is 10.6 Å². The molecule has 25 heavy (non-hydrogen) atoms. The molecule has 3 N–H and O–H groups in total. The van der Waals surface area contributed by atoms with Crippen molar-refractivity contribution in [2.24, 2.45) is 0 Å². The van der Waals surface area contributed by atoms with Gasteiger partial charge in [0.1, 0.15) is 11.6 Å². The number of hydrogen-bond donors (Lipinski definition) is 3. The van der Waals surface area contributed by atoms with Gasteiger partial charge in [-0.1, -0.05) is 23.2 Å². The molecule has 2 rings (SSSR count).